The maximum Gasteiger partial charge on any atom is 0.245 e. The van der Waals surface area contributed by atoms with Crippen molar-refractivity contribution in [2.45, 2.75) is 152 Å². The number of amides is 12. The second kappa shape index (κ2) is 35.4. The first kappa shape index (κ1) is 71.9. The molecule has 2 aromatic carbocycles. The van der Waals surface area contributed by atoms with Crippen molar-refractivity contribution in [3.63, 3.8) is 0 Å². The Kier molecular flexibility index (Phi) is 27.7. The Morgan fingerprint density at radius 1 is 0.717 bits per heavy atom. The van der Waals surface area contributed by atoms with Gasteiger partial charge in [-0.25, -0.2) is 4.98 Å². The lowest BCUT2D eigenvalue weighted by Crippen LogP contribution is -2.61. The summed E-state index contributed by atoms with van der Waals surface area (Å²) in [7, 11) is 0. The third-order valence-electron chi connectivity index (χ3n) is 15.5. The van der Waals surface area contributed by atoms with E-state index in [4.69, 9.17) is 17.2 Å². The molecule has 498 valence electrons. The van der Waals surface area contributed by atoms with Crippen molar-refractivity contribution in [2.75, 3.05) is 31.1 Å². The monoisotopic (exact) mass is 1310 g/mol. The van der Waals surface area contributed by atoms with Gasteiger partial charge < -0.3 is 85.2 Å². The van der Waals surface area contributed by atoms with E-state index in [1.165, 1.54) is 24.3 Å². The molecule has 2 aromatic heterocycles. The van der Waals surface area contributed by atoms with Gasteiger partial charge in [0.25, 0.3) is 0 Å². The van der Waals surface area contributed by atoms with Crippen LogP contribution in [0.3, 0.4) is 0 Å². The third-order valence-corrected chi connectivity index (χ3v) is 16.2. The number of nitrogens with one attached hydrogen (secondary N) is 12. The summed E-state index contributed by atoms with van der Waals surface area (Å²) in [6, 6.07) is 1.80. The number of nitrogens with two attached hydrogens (primary N) is 3. The number of thiol groups is 2. The number of imidazole rings is 1. The van der Waals surface area contributed by atoms with Gasteiger partial charge in [-0.2, -0.15) is 25.3 Å². The van der Waals surface area contributed by atoms with Crippen LogP contribution in [-0.2, 0) is 76.8 Å². The topological polar surface area (TPSA) is 463 Å². The molecule has 2 fully saturated rings. The fourth-order valence-electron chi connectivity index (χ4n) is 10.7. The minimum Gasteiger partial charge on any atom is -0.370 e. The van der Waals surface area contributed by atoms with Gasteiger partial charge in [-0.05, 0) is 68.1 Å². The number of nitrogens with zero attached hydrogens (tertiary/aromatic N) is 3. The number of para-hydroxylation sites is 1. The van der Waals surface area contributed by atoms with Crippen molar-refractivity contribution in [1.29, 1.82) is 0 Å². The van der Waals surface area contributed by atoms with Crippen LogP contribution in [-0.4, -0.2) is 188 Å². The zero-order valence-electron chi connectivity index (χ0n) is 51.5. The predicted molar refractivity (Wildman–Crippen MR) is 345 cm³/mol. The van der Waals surface area contributed by atoms with Gasteiger partial charge in [-0.15, -0.1) is 0 Å². The van der Waals surface area contributed by atoms with E-state index in [1.54, 1.807) is 68.6 Å². The Bertz CT molecular complexity index is 3270. The number of guanidine groups is 1. The first-order chi connectivity index (χ1) is 44.0. The average Bonchev–Trinajstić information content (AvgIpc) is 1.80. The number of carbonyl (C=O) groups excluding carboxylic acids is 12. The Morgan fingerprint density at radius 3 is 1.99 bits per heavy atom. The highest BCUT2D eigenvalue weighted by Gasteiger charge is 2.41. The lowest BCUT2D eigenvalue weighted by molar-refractivity contribution is -0.142. The van der Waals surface area contributed by atoms with E-state index in [9.17, 15) is 57.5 Å². The molecule has 4 aromatic rings. The molecule has 92 heavy (non-hydrogen) atoms. The maximum atomic E-state index is 15.0. The minimum atomic E-state index is -1.71. The number of aliphatic imine (C=N–C) groups is 1. The largest absolute Gasteiger partial charge is 0.370 e. The molecule has 0 spiro atoms. The predicted octanol–water partition coefficient (Wildman–Crippen LogP) is -2.96. The highest BCUT2D eigenvalue weighted by molar-refractivity contribution is 7.80. The summed E-state index contributed by atoms with van der Waals surface area (Å²) in [4.78, 5) is 185. The van der Waals surface area contributed by atoms with Gasteiger partial charge in [-0.3, -0.25) is 62.5 Å². The Hall–Kier alpha value is -9.20. The number of fused-ring (bicyclic) bond motifs is 1. The SMILES string of the molecule is CC(=O)N[C@@H](CS)C(=O)N[C@H]1CC(=O)NCCCC[C@@H](C(=O)N2CCC[C@H]2C(=O)N[C@H](C(N)=O)C(C)C)NC(=O)[C@H](CS)NC(=O)[C@H](Cc2c[nH]c3ccccc23)NC(=O)[C@H](CCCN=C(N)N)NC(=O)[C@@H](Cc2ccccc2)NC(=O)[C@H](Cc2cnc[nH]2)NC1=O. The Labute approximate surface area is 542 Å². The van der Waals surface area contributed by atoms with Crippen molar-refractivity contribution in [1.82, 2.24) is 73.0 Å². The second-order valence-corrected chi connectivity index (χ2v) is 23.6. The van der Waals surface area contributed by atoms with E-state index in [1.807, 2.05) is 6.07 Å². The van der Waals surface area contributed by atoms with Gasteiger partial charge in [0.1, 0.15) is 60.4 Å². The lowest BCUT2D eigenvalue weighted by atomic mass is 10.0. The molecule has 18 N–H and O–H groups in total. The molecule has 0 saturated carbocycles. The first-order valence-corrected chi connectivity index (χ1v) is 31.6. The molecule has 0 aliphatic carbocycles. The number of benzene rings is 2. The number of hydrogen-bond acceptors (Lipinski definition) is 16. The molecule has 2 aliphatic rings. The molecule has 2 aliphatic heterocycles. The van der Waals surface area contributed by atoms with Crippen molar-refractivity contribution in [3.05, 3.63) is 90.1 Å². The maximum absolute atomic E-state index is 15.0. The summed E-state index contributed by atoms with van der Waals surface area (Å²) in [6.45, 7) is 4.56. The van der Waals surface area contributed by atoms with E-state index >= 15 is 0 Å². The van der Waals surface area contributed by atoms with Crippen LogP contribution in [0.25, 0.3) is 10.9 Å². The van der Waals surface area contributed by atoms with Crippen molar-refractivity contribution in [2.24, 2.45) is 28.1 Å². The standard InChI is InChI=1S/C60H84N18O12S2/c1-32(2)49(50(61)81)77-58(89)47-19-12-22-78(47)59(90)40-17-9-10-20-65-48(80)26-44(75-56(87)45(29-91)69-33(3)79)55(86)74-43(25-36-28-64-31-68-36)54(85)72-41(23-34-13-5-4-6-14-34)52(83)70-39(18-11-21-66-60(62)63)51(82)73-42(53(84)76-46(30-92)57(88)71-40)24-35-27-67-38-16-8-7-15-37(35)38/h4-8,13-16,27-28,31-32,39-47,49,67,91-92H,9-12,17-26,29-30H2,1-3H3,(H2,61,81)(H,64,68)(H,65,80)(H,69,79)(H,70,83)(H,71,88)(H,72,85)(H,73,82)(H,74,86)(H,75,87)(H,76,84)(H,77,89)(H4,62,63,66)/t39-,40-,41+,42-,43-,44-,45-,46-,47-,49-/m0/s1. The minimum absolute atomic E-state index is 0.00617. The molecule has 10 atom stereocenters. The number of H-pyrrole nitrogens is 2. The summed E-state index contributed by atoms with van der Waals surface area (Å²) >= 11 is 8.64. The Balaban J connectivity index is 1.42. The van der Waals surface area contributed by atoms with Crippen molar-refractivity contribution < 1.29 is 57.5 Å². The van der Waals surface area contributed by atoms with Gasteiger partial charge >= 0.3 is 0 Å². The molecule has 4 heterocycles. The van der Waals surface area contributed by atoms with Crippen LogP contribution in [0.15, 0.2) is 78.3 Å². The summed E-state index contributed by atoms with van der Waals surface area (Å²) in [5.74, 6) is -11.0. The van der Waals surface area contributed by atoms with Crippen LogP contribution in [0.2, 0.25) is 0 Å². The molecular weight excluding hydrogens is 1230 g/mol. The quantitative estimate of drug-likeness (QED) is 0.0182. The number of likely N-dealkylation sites (tertiary alicyclic amines) is 1. The van der Waals surface area contributed by atoms with Crippen LogP contribution in [0.1, 0.15) is 89.0 Å². The highest BCUT2D eigenvalue weighted by Crippen LogP contribution is 2.23. The number of carbonyl (C=O) groups is 12. The average molecular weight is 1310 g/mol. The fourth-order valence-corrected chi connectivity index (χ4v) is 11.2. The molecule has 0 radical (unpaired) electrons. The van der Waals surface area contributed by atoms with Crippen LogP contribution >= 0.6 is 25.3 Å². The van der Waals surface area contributed by atoms with Crippen LogP contribution in [0.4, 0.5) is 0 Å². The van der Waals surface area contributed by atoms with Gasteiger partial charge in [0, 0.05) is 86.3 Å². The van der Waals surface area contributed by atoms with E-state index in [-0.39, 0.29) is 94.9 Å². The van der Waals surface area contributed by atoms with E-state index < -0.39 is 144 Å². The molecule has 0 unspecified atom stereocenters. The van der Waals surface area contributed by atoms with Crippen LogP contribution in [0, 0.1) is 5.92 Å². The normalized spacial score (nSPS) is 22.6. The number of aromatic amines is 2. The lowest BCUT2D eigenvalue weighted by Gasteiger charge is -2.31. The molecule has 12 amide bonds. The summed E-state index contributed by atoms with van der Waals surface area (Å²) < 4.78 is 0. The number of rotatable bonds is 20. The van der Waals surface area contributed by atoms with E-state index in [0.29, 0.717) is 34.1 Å². The van der Waals surface area contributed by atoms with E-state index in [0.717, 1.165) is 0 Å². The fraction of sp³-hybridized carbons (Fsp3) is 0.500. The highest BCUT2D eigenvalue weighted by atomic mass is 32.1. The molecular formula is C60H84N18O12S2. The van der Waals surface area contributed by atoms with Gasteiger partial charge in [-0.1, -0.05) is 62.4 Å². The van der Waals surface area contributed by atoms with Crippen molar-refractivity contribution in [3.8, 4) is 0 Å². The summed E-state index contributed by atoms with van der Waals surface area (Å²) in [6.07, 6.45) is 3.77. The molecule has 32 heteroatoms. The zero-order chi connectivity index (χ0) is 67.0. The third kappa shape index (κ3) is 21.5. The molecule has 6 rings (SSSR count). The number of hydrogen-bond donors (Lipinski definition) is 17. The number of primary amides is 1. The summed E-state index contributed by atoms with van der Waals surface area (Å²) in [5.41, 5.74) is 19.1. The molecule has 30 nitrogen and oxygen atoms in total. The molecule has 2 saturated heterocycles. The first-order valence-electron chi connectivity index (χ1n) is 30.4. The van der Waals surface area contributed by atoms with Gasteiger partial charge in [0.15, 0.2) is 5.96 Å². The number of aromatic nitrogens is 3. The van der Waals surface area contributed by atoms with Gasteiger partial charge in [0.2, 0.25) is 70.9 Å². The van der Waals surface area contributed by atoms with Crippen molar-refractivity contribution >= 4 is 113 Å². The Morgan fingerprint density at radius 2 is 1.35 bits per heavy atom. The van der Waals surface area contributed by atoms with Crippen LogP contribution in [0.5, 0.6) is 0 Å². The van der Waals surface area contributed by atoms with Gasteiger partial charge in [0.05, 0.1) is 12.7 Å². The second-order valence-electron chi connectivity index (χ2n) is 22.9. The summed E-state index contributed by atoms with van der Waals surface area (Å²) in [5, 5.41) is 27.4. The zero-order valence-corrected chi connectivity index (χ0v) is 53.2. The molecule has 0 bridgehead atoms. The smallest absolute Gasteiger partial charge is 0.245 e. The van der Waals surface area contributed by atoms with E-state index in [2.05, 4.69) is 98.4 Å². The van der Waals surface area contributed by atoms with Crippen LogP contribution < -0.4 is 70.4 Å².